The van der Waals surface area contributed by atoms with Gasteiger partial charge >= 0.3 is 12.2 Å². The van der Waals surface area contributed by atoms with Crippen molar-refractivity contribution in [1.82, 2.24) is 9.80 Å². The number of rotatable bonds is 8. The predicted octanol–water partition coefficient (Wildman–Crippen LogP) is 4.69. The number of nitrogens with zero attached hydrogens (tertiary/aromatic N) is 2. The number of ketones is 1. The molecule has 0 saturated carbocycles. The summed E-state index contributed by atoms with van der Waals surface area (Å²) in [5, 5.41) is 19.3. The summed E-state index contributed by atoms with van der Waals surface area (Å²) in [6, 6.07) is 18.6. The molecule has 2 fully saturated rings. The summed E-state index contributed by atoms with van der Waals surface area (Å²) in [6.07, 6.45) is 0.919. The Bertz CT molecular complexity index is 1230. The van der Waals surface area contributed by atoms with E-state index in [1.54, 1.807) is 9.80 Å². The average Bonchev–Trinajstić information content (AvgIpc) is 3.38. The number of ether oxygens (including phenoxy) is 2. The van der Waals surface area contributed by atoms with Gasteiger partial charge in [-0.15, -0.1) is 23.2 Å². The summed E-state index contributed by atoms with van der Waals surface area (Å²) < 4.78 is 10.6. The highest BCUT2D eigenvalue weighted by atomic mass is 35.5. The maximum Gasteiger partial charge on any atom is 0.410 e. The van der Waals surface area contributed by atoms with Gasteiger partial charge in [-0.3, -0.25) is 9.59 Å². The predicted molar refractivity (Wildman–Crippen MR) is 180 cm³/mol. The first kappa shape index (κ1) is 40.2. The van der Waals surface area contributed by atoms with Crippen LogP contribution >= 0.6 is 34.8 Å². The molecule has 0 spiro atoms. The van der Waals surface area contributed by atoms with E-state index in [9.17, 15) is 29.4 Å². The van der Waals surface area contributed by atoms with Crippen molar-refractivity contribution in [2.24, 2.45) is 11.7 Å². The maximum atomic E-state index is 12.2. The Morgan fingerprint density at radius 1 is 0.745 bits per heavy atom. The molecule has 2 aliphatic rings. The molecule has 0 bridgehead atoms. The number of halogens is 3. The van der Waals surface area contributed by atoms with E-state index in [0.29, 0.717) is 45.4 Å². The number of aliphatic hydroxyl groups excluding tert-OH is 2. The highest BCUT2D eigenvalue weighted by Crippen LogP contribution is 2.22. The van der Waals surface area contributed by atoms with Crippen molar-refractivity contribution in [3.8, 4) is 0 Å². The third-order valence-electron chi connectivity index (χ3n) is 7.45. The fourth-order valence-electron chi connectivity index (χ4n) is 4.90. The second-order valence-corrected chi connectivity index (χ2v) is 12.1. The molecular formula is C33H44Cl3N3O8. The summed E-state index contributed by atoms with van der Waals surface area (Å²) in [5.74, 6) is -0.563. The van der Waals surface area contributed by atoms with Crippen LogP contribution in [0.5, 0.6) is 0 Å². The van der Waals surface area contributed by atoms with Crippen molar-refractivity contribution in [1.29, 1.82) is 0 Å². The first-order valence-corrected chi connectivity index (χ1v) is 16.8. The Labute approximate surface area is 290 Å². The van der Waals surface area contributed by atoms with E-state index in [4.69, 9.17) is 50.0 Å². The van der Waals surface area contributed by atoms with Gasteiger partial charge in [-0.1, -0.05) is 60.7 Å². The lowest BCUT2D eigenvalue weighted by molar-refractivity contribution is -0.118. The Morgan fingerprint density at radius 2 is 1.19 bits per heavy atom. The fourth-order valence-corrected chi connectivity index (χ4v) is 5.01. The molecule has 2 aromatic rings. The number of aliphatic hydroxyl groups is 2. The molecular weight excluding hydrogens is 673 g/mol. The molecule has 0 unspecified atom stereocenters. The Kier molecular flexibility index (Phi) is 19.4. The Hall–Kier alpha value is -2.93. The highest BCUT2D eigenvalue weighted by molar-refractivity contribution is 6.67. The average molecular weight is 717 g/mol. The molecule has 4 rings (SSSR count). The van der Waals surface area contributed by atoms with Crippen LogP contribution in [0.4, 0.5) is 9.59 Å². The number of Topliss-reactive ketones (excluding diaryl/α,β-unsaturated/α-hetero) is 1. The molecule has 0 aromatic heterocycles. The van der Waals surface area contributed by atoms with E-state index < -0.39 is 29.6 Å². The molecule has 4 N–H and O–H groups in total. The quantitative estimate of drug-likeness (QED) is 0.260. The number of amides is 2. The molecule has 4 atom stereocenters. The van der Waals surface area contributed by atoms with E-state index in [-0.39, 0.29) is 49.2 Å². The van der Waals surface area contributed by atoms with Gasteiger partial charge in [0.25, 0.3) is 0 Å². The lowest BCUT2D eigenvalue weighted by Gasteiger charge is -2.25. The molecule has 0 aliphatic carbocycles. The molecule has 2 saturated heterocycles. The van der Waals surface area contributed by atoms with Crippen LogP contribution in [0.1, 0.15) is 43.2 Å². The minimum atomic E-state index is -0.589. The van der Waals surface area contributed by atoms with Gasteiger partial charge in [0.2, 0.25) is 5.24 Å². The number of nitrogens with two attached hydrogens (primary N) is 1. The normalized spacial score (nSPS) is 21.0. The number of hydrogen-bond donors (Lipinski definition) is 3. The molecule has 0 radical (unpaired) electrons. The van der Waals surface area contributed by atoms with Gasteiger partial charge in [0.05, 0.1) is 24.0 Å². The van der Waals surface area contributed by atoms with Crippen molar-refractivity contribution in [3.63, 3.8) is 0 Å². The lowest BCUT2D eigenvalue weighted by Crippen LogP contribution is -2.44. The summed E-state index contributed by atoms with van der Waals surface area (Å²) in [4.78, 5) is 48.3. The van der Waals surface area contributed by atoms with Crippen LogP contribution < -0.4 is 5.73 Å². The summed E-state index contributed by atoms with van der Waals surface area (Å²) in [5.41, 5.74) is 7.69. The standard InChI is InChI=1S/C17H22ClNO4.C14H20N2O3.C2H2Cl2O/c18-10-15(20)9-14-11-19(8-4-7-16(14)21)17(22)23-12-13-5-2-1-3-6-13;15-12-9-16(8-4-7-13(12)17)14(18)19-10-11-5-2-1-3-6-11;3-1-2(4)5/h1-3,5-6,14,16,21H,4,7-12H2;1-3,5-6,12-13,17H,4,7-10,15H2;1H2/t14-,16-;12-,13-;/m00./s1. The third kappa shape index (κ3) is 16.1. The molecule has 2 aliphatic heterocycles. The van der Waals surface area contributed by atoms with Crippen molar-refractivity contribution < 1.29 is 38.9 Å². The van der Waals surface area contributed by atoms with Gasteiger partial charge in [0, 0.05) is 44.6 Å². The zero-order chi connectivity index (χ0) is 34.6. The largest absolute Gasteiger partial charge is 0.445 e. The number of likely N-dealkylation sites (tertiary alicyclic amines) is 2. The SMILES string of the molecule is N[C@H]1CN(C(=O)OCc2ccccc2)CCC[C@@H]1O.O=C(CCl)C[C@H]1CN(C(=O)OCc2ccccc2)CCC[C@@H]1O.O=C(Cl)CCl. The highest BCUT2D eigenvalue weighted by Gasteiger charge is 2.30. The maximum absolute atomic E-state index is 12.2. The number of alkyl halides is 2. The van der Waals surface area contributed by atoms with E-state index in [0.717, 1.165) is 17.5 Å². The summed E-state index contributed by atoms with van der Waals surface area (Å²) >= 11 is 15.1. The van der Waals surface area contributed by atoms with Gasteiger partial charge in [-0.25, -0.2) is 9.59 Å². The van der Waals surface area contributed by atoms with Gasteiger partial charge in [0.15, 0.2) is 0 Å². The number of hydrogen-bond acceptors (Lipinski definition) is 9. The van der Waals surface area contributed by atoms with Gasteiger partial charge in [-0.05, 0) is 48.4 Å². The third-order valence-corrected chi connectivity index (χ3v) is 8.26. The van der Waals surface area contributed by atoms with Crippen LogP contribution in [0.3, 0.4) is 0 Å². The molecule has 14 heteroatoms. The number of benzene rings is 2. The minimum Gasteiger partial charge on any atom is -0.445 e. The minimum absolute atomic E-state index is 0.0678. The van der Waals surface area contributed by atoms with E-state index in [2.05, 4.69) is 0 Å². The van der Waals surface area contributed by atoms with Crippen LogP contribution in [0, 0.1) is 5.92 Å². The Morgan fingerprint density at radius 3 is 1.64 bits per heavy atom. The van der Waals surface area contributed by atoms with Crippen LogP contribution in [-0.4, -0.2) is 99.4 Å². The monoisotopic (exact) mass is 715 g/mol. The van der Waals surface area contributed by atoms with Crippen LogP contribution in [0.2, 0.25) is 0 Å². The van der Waals surface area contributed by atoms with Crippen LogP contribution in [0.15, 0.2) is 60.7 Å². The summed E-state index contributed by atoms with van der Waals surface area (Å²) in [7, 11) is 0. The van der Waals surface area contributed by atoms with Gasteiger partial charge in [-0.2, -0.15) is 0 Å². The zero-order valence-corrected chi connectivity index (χ0v) is 28.5. The van der Waals surface area contributed by atoms with Crippen LogP contribution in [-0.2, 0) is 32.3 Å². The second kappa shape index (κ2) is 22.6. The van der Waals surface area contributed by atoms with Crippen LogP contribution in [0.25, 0.3) is 0 Å². The molecule has 2 amide bonds. The smallest absolute Gasteiger partial charge is 0.410 e. The van der Waals surface area contributed by atoms with E-state index in [1.165, 1.54) is 0 Å². The van der Waals surface area contributed by atoms with Crippen molar-refractivity contribution in [2.45, 2.75) is 63.6 Å². The van der Waals surface area contributed by atoms with E-state index in [1.807, 2.05) is 60.7 Å². The lowest BCUT2D eigenvalue weighted by atomic mass is 9.94. The molecule has 11 nitrogen and oxygen atoms in total. The zero-order valence-electron chi connectivity index (χ0n) is 26.2. The van der Waals surface area contributed by atoms with Gasteiger partial charge in [0.1, 0.15) is 19.0 Å². The molecule has 260 valence electrons. The van der Waals surface area contributed by atoms with Crippen molar-refractivity contribution in [3.05, 3.63) is 71.8 Å². The second-order valence-electron chi connectivity index (χ2n) is 11.2. The van der Waals surface area contributed by atoms with E-state index >= 15 is 0 Å². The molecule has 2 heterocycles. The summed E-state index contributed by atoms with van der Waals surface area (Å²) in [6.45, 7) is 2.23. The van der Waals surface area contributed by atoms with Gasteiger partial charge < -0.3 is 35.2 Å². The molecule has 2 aromatic carbocycles. The van der Waals surface area contributed by atoms with Crippen molar-refractivity contribution in [2.75, 3.05) is 37.9 Å². The van der Waals surface area contributed by atoms with Crippen molar-refractivity contribution >= 4 is 58.0 Å². The number of carbonyl (C=O) groups is 4. The first-order chi connectivity index (χ1) is 22.5. The Balaban J connectivity index is 0.000000290. The first-order valence-electron chi connectivity index (χ1n) is 15.4. The number of carbonyl (C=O) groups excluding carboxylic acids is 4. The fraction of sp³-hybridized carbons (Fsp3) is 0.515. The molecule has 47 heavy (non-hydrogen) atoms. The topological polar surface area (TPSA) is 160 Å².